The van der Waals surface area contributed by atoms with Gasteiger partial charge in [-0.3, -0.25) is 19.3 Å². The minimum Gasteiger partial charge on any atom is -0.480 e. The fraction of sp³-hybridized carbons (Fsp3) is 0.474. The van der Waals surface area contributed by atoms with Crippen LogP contribution in [0.4, 0.5) is 0 Å². The maximum Gasteiger partial charge on any atom is 0.326 e. The Morgan fingerprint density at radius 3 is 2.07 bits per heavy atom. The Morgan fingerprint density at radius 1 is 1.07 bits per heavy atom. The summed E-state index contributed by atoms with van der Waals surface area (Å²) in [4.78, 5) is 50.5. The predicted molar refractivity (Wildman–Crippen MR) is 96.1 cm³/mol. The standard InChI is InChI=1S/C19H24N2O6/c1-11(2)15(19(26)27)20-16(23)14(9-5-6-10-22)21-17(24)12-7-3-4-8-13(12)18(21)25/h3-4,7-8,11,14-15,22H,5-6,9-10H2,1-2H3,(H,20,23)(H,26,27)/t14-,15-/m0/s1. The fourth-order valence-electron chi connectivity index (χ4n) is 3.08. The van der Waals surface area contributed by atoms with Gasteiger partial charge in [0.15, 0.2) is 0 Å². The van der Waals surface area contributed by atoms with Gasteiger partial charge in [0, 0.05) is 6.61 Å². The second-order valence-corrected chi connectivity index (χ2v) is 6.83. The van der Waals surface area contributed by atoms with Crippen LogP contribution in [0.5, 0.6) is 0 Å². The highest BCUT2D eigenvalue weighted by atomic mass is 16.4. The van der Waals surface area contributed by atoms with Gasteiger partial charge < -0.3 is 15.5 Å². The molecular weight excluding hydrogens is 352 g/mol. The molecule has 0 unspecified atom stereocenters. The van der Waals surface area contributed by atoms with Crippen LogP contribution < -0.4 is 5.32 Å². The molecule has 0 spiro atoms. The molecule has 0 fully saturated rings. The number of imide groups is 1. The van der Waals surface area contributed by atoms with E-state index < -0.39 is 35.8 Å². The van der Waals surface area contributed by atoms with Gasteiger partial charge in [-0.2, -0.15) is 0 Å². The summed E-state index contributed by atoms with van der Waals surface area (Å²) in [5.74, 6) is -3.39. The van der Waals surface area contributed by atoms with Gasteiger partial charge in [0.2, 0.25) is 5.91 Å². The lowest BCUT2D eigenvalue weighted by molar-refractivity contribution is -0.143. The zero-order valence-corrected chi connectivity index (χ0v) is 15.3. The van der Waals surface area contributed by atoms with Crippen LogP contribution in [0.2, 0.25) is 0 Å². The number of nitrogens with one attached hydrogen (secondary N) is 1. The van der Waals surface area contributed by atoms with Crippen LogP contribution in [0.1, 0.15) is 53.8 Å². The smallest absolute Gasteiger partial charge is 0.326 e. The summed E-state index contributed by atoms with van der Waals surface area (Å²) >= 11 is 0. The van der Waals surface area contributed by atoms with E-state index >= 15 is 0 Å². The molecule has 8 nitrogen and oxygen atoms in total. The first kappa shape index (κ1) is 20.6. The van der Waals surface area contributed by atoms with Crippen molar-refractivity contribution in [1.29, 1.82) is 0 Å². The number of hydrogen-bond acceptors (Lipinski definition) is 5. The normalized spacial score (nSPS) is 15.6. The minimum absolute atomic E-state index is 0.0831. The molecule has 1 aromatic carbocycles. The molecule has 8 heteroatoms. The number of carboxylic acid groups (broad SMARTS) is 1. The molecule has 2 atom stereocenters. The fourth-order valence-corrected chi connectivity index (χ4v) is 3.08. The molecule has 0 aliphatic carbocycles. The average Bonchev–Trinajstić information content (AvgIpc) is 2.87. The summed E-state index contributed by atoms with van der Waals surface area (Å²) in [6.07, 6.45) is 0.948. The molecule has 1 aromatic rings. The van der Waals surface area contributed by atoms with E-state index in [1.807, 2.05) is 0 Å². The SMILES string of the molecule is CC(C)[C@H](NC(=O)[C@H](CCCCO)N1C(=O)c2ccccc2C1=O)C(=O)O. The molecule has 0 saturated carbocycles. The molecule has 0 radical (unpaired) electrons. The Hall–Kier alpha value is -2.74. The van der Waals surface area contributed by atoms with Crippen LogP contribution in [0, 0.1) is 5.92 Å². The number of benzene rings is 1. The van der Waals surface area contributed by atoms with Gasteiger partial charge in [-0.05, 0) is 37.3 Å². The molecule has 0 saturated heterocycles. The first-order valence-electron chi connectivity index (χ1n) is 8.90. The van der Waals surface area contributed by atoms with Crippen LogP contribution in [0.15, 0.2) is 24.3 Å². The number of carbonyl (C=O) groups excluding carboxylic acids is 3. The van der Waals surface area contributed by atoms with Gasteiger partial charge in [-0.15, -0.1) is 0 Å². The molecule has 0 bridgehead atoms. The summed E-state index contributed by atoms with van der Waals surface area (Å²) in [7, 11) is 0. The Bertz CT molecular complexity index is 710. The second kappa shape index (κ2) is 8.77. The molecule has 1 heterocycles. The number of unbranched alkanes of at least 4 members (excludes halogenated alkanes) is 1. The third-order valence-corrected chi connectivity index (χ3v) is 4.56. The molecule has 1 aliphatic heterocycles. The second-order valence-electron chi connectivity index (χ2n) is 6.83. The zero-order valence-electron chi connectivity index (χ0n) is 15.3. The Kier molecular flexibility index (Phi) is 6.68. The summed E-state index contributed by atoms with van der Waals surface area (Å²) < 4.78 is 0. The minimum atomic E-state index is -1.19. The quantitative estimate of drug-likeness (QED) is 0.437. The number of amides is 3. The van der Waals surface area contributed by atoms with E-state index in [1.54, 1.807) is 26.0 Å². The Balaban J connectivity index is 2.29. The van der Waals surface area contributed by atoms with Crippen molar-refractivity contribution in [3.63, 3.8) is 0 Å². The van der Waals surface area contributed by atoms with Gasteiger partial charge in [0.1, 0.15) is 12.1 Å². The predicted octanol–water partition coefficient (Wildman–Crippen LogP) is 1.04. The van der Waals surface area contributed by atoms with E-state index in [-0.39, 0.29) is 30.1 Å². The first-order valence-corrected chi connectivity index (χ1v) is 8.90. The molecule has 146 valence electrons. The van der Waals surface area contributed by atoms with Gasteiger partial charge >= 0.3 is 5.97 Å². The van der Waals surface area contributed by atoms with E-state index in [1.165, 1.54) is 12.1 Å². The van der Waals surface area contributed by atoms with E-state index in [0.717, 1.165) is 4.90 Å². The maximum absolute atomic E-state index is 12.8. The summed E-state index contributed by atoms with van der Waals surface area (Å²) in [5, 5.41) is 20.7. The van der Waals surface area contributed by atoms with E-state index in [9.17, 15) is 24.3 Å². The van der Waals surface area contributed by atoms with Crippen LogP contribution in [0.25, 0.3) is 0 Å². The number of nitrogens with zero attached hydrogens (tertiary/aromatic N) is 1. The number of carbonyl (C=O) groups is 4. The van der Waals surface area contributed by atoms with E-state index in [4.69, 9.17) is 5.11 Å². The monoisotopic (exact) mass is 376 g/mol. The topological polar surface area (TPSA) is 124 Å². The van der Waals surface area contributed by atoms with Crippen molar-refractivity contribution in [2.75, 3.05) is 6.61 Å². The van der Waals surface area contributed by atoms with Gasteiger partial charge in [0.25, 0.3) is 11.8 Å². The highest BCUT2D eigenvalue weighted by Crippen LogP contribution is 2.26. The number of fused-ring (bicyclic) bond motifs is 1. The van der Waals surface area contributed by atoms with Crippen LogP contribution >= 0.6 is 0 Å². The molecule has 1 aliphatic rings. The molecule has 0 aromatic heterocycles. The Morgan fingerprint density at radius 2 is 1.63 bits per heavy atom. The van der Waals surface area contributed by atoms with Crippen molar-refractivity contribution in [3.05, 3.63) is 35.4 Å². The molecule has 2 rings (SSSR count). The number of hydrogen-bond donors (Lipinski definition) is 3. The third kappa shape index (κ3) is 4.33. The average molecular weight is 376 g/mol. The zero-order chi connectivity index (χ0) is 20.1. The van der Waals surface area contributed by atoms with Gasteiger partial charge in [-0.25, -0.2) is 4.79 Å². The lowest BCUT2D eigenvalue weighted by Gasteiger charge is -2.27. The number of carboxylic acids is 1. The molecule has 3 amide bonds. The van der Waals surface area contributed by atoms with Crippen molar-refractivity contribution in [3.8, 4) is 0 Å². The van der Waals surface area contributed by atoms with Crippen LogP contribution in [-0.4, -0.2) is 57.5 Å². The van der Waals surface area contributed by atoms with E-state index in [0.29, 0.717) is 12.8 Å². The molecular formula is C19H24N2O6. The maximum atomic E-state index is 12.8. The van der Waals surface area contributed by atoms with Gasteiger partial charge in [-0.1, -0.05) is 26.0 Å². The highest BCUT2D eigenvalue weighted by molar-refractivity contribution is 6.22. The summed E-state index contributed by atoms with van der Waals surface area (Å²) in [6.45, 7) is 3.23. The van der Waals surface area contributed by atoms with Crippen molar-refractivity contribution in [2.45, 2.75) is 45.2 Å². The van der Waals surface area contributed by atoms with E-state index in [2.05, 4.69) is 5.32 Å². The highest BCUT2D eigenvalue weighted by Gasteiger charge is 2.43. The lowest BCUT2D eigenvalue weighted by atomic mass is 10.0. The Labute approximate surface area is 157 Å². The van der Waals surface area contributed by atoms with Crippen LogP contribution in [0.3, 0.4) is 0 Å². The van der Waals surface area contributed by atoms with Crippen molar-refractivity contribution >= 4 is 23.7 Å². The summed E-state index contributed by atoms with van der Waals surface area (Å²) in [5.41, 5.74) is 0.446. The van der Waals surface area contributed by atoms with Crippen molar-refractivity contribution in [1.82, 2.24) is 10.2 Å². The summed E-state index contributed by atoms with van der Waals surface area (Å²) in [6, 6.07) is 4.04. The number of aliphatic hydroxyl groups excluding tert-OH is 1. The van der Waals surface area contributed by atoms with Crippen molar-refractivity contribution in [2.24, 2.45) is 5.92 Å². The largest absolute Gasteiger partial charge is 0.480 e. The molecule has 3 N–H and O–H groups in total. The van der Waals surface area contributed by atoms with Gasteiger partial charge in [0.05, 0.1) is 11.1 Å². The van der Waals surface area contributed by atoms with Crippen molar-refractivity contribution < 1.29 is 29.4 Å². The number of aliphatic carboxylic acids is 1. The lowest BCUT2D eigenvalue weighted by Crippen LogP contribution is -2.54. The molecule has 27 heavy (non-hydrogen) atoms. The third-order valence-electron chi connectivity index (χ3n) is 4.56. The first-order chi connectivity index (χ1) is 12.8. The number of rotatable bonds is 9. The van der Waals surface area contributed by atoms with Crippen LogP contribution in [-0.2, 0) is 9.59 Å². The number of aliphatic hydroxyl groups is 1.